The number of aryl methyl sites for hydroxylation is 1. The summed E-state index contributed by atoms with van der Waals surface area (Å²) in [6.07, 6.45) is 0. The highest BCUT2D eigenvalue weighted by molar-refractivity contribution is 5.94. The number of likely N-dealkylation sites (N-methyl/N-ethyl adjacent to an activating group) is 1. The number of rotatable bonds is 1. The molecule has 1 fully saturated rings. The van der Waals surface area contributed by atoms with Crippen molar-refractivity contribution < 1.29 is 4.79 Å². The van der Waals surface area contributed by atoms with Crippen LogP contribution >= 0.6 is 0 Å². The van der Waals surface area contributed by atoms with Crippen molar-refractivity contribution in [2.75, 3.05) is 33.2 Å². The monoisotopic (exact) mass is 258 g/mol. The Morgan fingerprint density at radius 1 is 1.26 bits per heavy atom. The Balaban J connectivity index is 1.85. The first kappa shape index (κ1) is 12.2. The van der Waals surface area contributed by atoms with Crippen molar-refractivity contribution in [1.82, 2.24) is 19.8 Å². The molecule has 0 spiro atoms. The van der Waals surface area contributed by atoms with Gasteiger partial charge in [0.15, 0.2) is 5.82 Å². The van der Waals surface area contributed by atoms with E-state index in [0.717, 1.165) is 42.8 Å². The van der Waals surface area contributed by atoms with E-state index in [1.807, 2.05) is 30.0 Å². The second kappa shape index (κ2) is 4.66. The Kier molecular flexibility index (Phi) is 2.98. The largest absolute Gasteiger partial charge is 0.334 e. The summed E-state index contributed by atoms with van der Waals surface area (Å²) in [5.74, 6) is 0.451. The van der Waals surface area contributed by atoms with Gasteiger partial charge >= 0.3 is 0 Å². The van der Waals surface area contributed by atoms with Crippen molar-refractivity contribution in [3.8, 4) is 0 Å². The molecular weight excluding hydrogens is 240 g/mol. The van der Waals surface area contributed by atoms with Crippen LogP contribution in [0, 0.1) is 6.92 Å². The number of benzene rings is 1. The lowest BCUT2D eigenvalue weighted by atomic mass is 10.2. The van der Waals surface area contributed by atoms with Gasteiger partial charge in [-0.25, -0.2) is 4.98 Å². The lowest BCUT2D eigenvalue weighted by Gasteiger charge is -2.31. The average molecular weight is 258 g/mol. The number of fused-ring (bicyclic) bond motifs is 1. The first-order valence-electron chi connectivity index (χ1n) is 6.58. The molecule has 1 aliphatic heterocycles. The van der Waals surface area contributed by atoms with Gasteiger partial charge in [-0.15, -0.1) is 0 Å². The lowest BCUT2D eigenvalue weighted by Crippen LogP contribution is -2.47. The molecule has 0 bridgehead atoms. The summed E-state index contributed by atoms with van der Waals surface area (Å²) in [4.78, 5) is 24.0. The zero-order valence-electron chi connectivity index (χ0n) is 11.3. The fraction of sp³-hybridized carbons (Fsp3) is 0.429. The number of H-pyrrole nitrogens is 1. The molecule has 5 nitrogen and oxygen atoms in total. The molecule has 0 atom stereocenters. The van der Waals surface area contributed by atoms with E-state index in [2.05, 4.69) is 21.9 Å². The molecule has 1 saturated heterocycles. The normalized spacial score (nSPS) is 17.1. The minimum Gasteiger partial charge on any atom is -0.334 e. The molecule has 1 N–H and O–H groups in total. The number of hydrogen-bond acceptors (Lipinski definition) is 3. The van der Waals surface area contributed by atoms with Crippen molar-refractivity contribution in [1.29, 1.82) is 0 Å². The van der Waals surface area contributed by atoms with E-state index < -0.39 is 0 Å². The maximum Gasteiger partial charge on any atom is 0.289 e. The number of aromatic amines is 1. The summed E-state index contributed by atoms with van der Waals surface area (Å²) in [7, 11) is 2.08. The van der Waals surface area contributed by atoms with E-state index >= 15 is 0 Å². The molecule has 0 radical (unpaired) electrons. The van der Waals surface area contributed by atoms with Gasteiger partial charge in [-0.2, -0.15) is 0 Å². The van der Waals surface area contributed by atoms with Crippen LogP contribution in [0.4, 0.5) is 0 Å². The third-order valence-corrected chi connectivity index (χ3v) is 3.63. The SMILES string of the molecule is Cc1ccc2nc(C(=O)N3CCN(C)CC3)[nH]c2c1. The second-order valence-corrected chi connectivity index (χ2v) is 5.20. The molecule has 1 aliphatic rings. The van der Waals surface area contributed by atoms with Crippen LogP contribution in [0.1, 0.15) is 16.2 Å². The molecule has 2 heterocycles. The molecule has 3 rings (SSSR count). The predicted molar refractivity (Wildman–Crippen MR) is 74.2 cm³/mol. The Bertz CT molecular complexity index is 611. The number of amides is 1. The van der Waals surface area contributed by atoms with Crippen molar-refractivity contribution in [3.05, 3.63) is 29.6 Å². The third-order valence-electron chi connectivity index (χ3n) is 3.63. The van der Waals surface area contributed by atoms with E-state index in [9.17, 15) is 4.79 Å². The number of hydrogen-bond donors (Lipinski definition) is 1. The summed E-state index contributed by atoms with van der Waals surface area (Å²) in [6.45, 7) is 5.41. The maximum atomic E-state index is 12.4. The number of imidazole rings is 1. The Hall–Kier alpha value is -1.88. The summed E-state index contributed by atoms with van der Waals surface area (Å²) in [6, 6.07) is 5.97. The highest BCUT2D eigenvalue weighted by Gasteiger charge is 2.22. The highest BCUT2D eigenvalue weighted by Crippen LogP contribution is 2.14. The Morgan fingerprint density at radius 2 is 2.00 bits per heavy atom. The van der Waals surface area contributed by atoms with Gasteiger partial charge in [0.05, 0.1) is 11.0 Å². The number of carbonyl (C=O) groups is 1. The van der Waals surface area contributed by atoms with Gasteiger partial charge in [0, 0.05) is 26.2 Å². The number of piperazine rings is 1. The molecule has 0 saturated carbocycles. The topological polar surface area (TPSA) is 52.2 Å². The summed E-state index contributed by atoms with van der Waals surface area (Å²) >= 11 is 0. The van der Waals surface area contributed by atoms with Crippen LogP contribution in [0.25, 0.3) is 11.0 Å². The van der Waals surface area contributed by atoms with E-state index in [4.69, 9.17) is 0 Å². The fourth-order valence-corrected chi connectivity index (χ4v) is 2.38. The van der Waals surface area contributed by atoms with Crippen LogP contribution in [0.15, 0.2) is 18.2 Å². The molecule has 1 aromatic carbocycles. The van der Waals surface area contributed by atoms with Gasteiger partial charge < -0.3 is 14.8 Å². The first-order chi connectivity index (χ1) is 9.13. The van der Waals surface area contributed by atoms with Crippen molar-refractivity contribution in [3.63, 3.8) is 0 Å². The van der Waals surface area contributed by atoms with Gasteiger partial charge in [0.2, 0.25) is 0 Å². The molecule has 0 aliphatic carbocycles. The Morgan fingerprint density at radius 3 is 2.74 bits per heavy atom. The van der Waals surface area contributed by atoms with Crippen LogP contribution in [0.5, 0.6) is 0 Å². The van der Waals surface area contributed by atoms with Gasteiger partial charge in [0.1, 0.15) is 0 Å². The molecule has 100 valence electrons. The molecule has 0 unspecified atom stereocenters. The number of aromatic nitrogens is 2. The highest BCUT2D eigenvalue weighted by atomic mass is 16.2. The van der Waals surface area contributed by atoms with Crippen molar-refractivity contribution in [2.45, 2.75) is 6.92 Å². The molecule has 5 heteroatoms. The molecule has 19 heavy (non-hydrogen) atoms. The average Bonchev–Trinajstić information content (AvgIpc) is 2.81. The van der Waals surface area contributed by atoms with Crippen molar-refractivity contribution in [2.24, 2.45) is 0 Å². The van der Waals surface area contributed by atoms with Gasteiger partial charge in [-0.1, -0.05) is 6.07 Å². The van der Waals surface area contributed by atoms with Crippen LogP contribution in [0.2, 0.25) is 0 Å². The minimum atomic E-state index is 0.00181. The molecule has 1 amide bonds. The van der Waals surface area contributed by atoms with Crippen LogP contribution in [-0.2, 0) is 0 Å². The van der Waals surface area contributed by atoms with Crippen LogP contribution < -0.4 is 0 Å². The van der Waals surface area contributed by atoms with Gasteiger partial charge in [0.25, 0.3) is 5.91 Å². The summed E-state index contributed by atoms with van der Waals surface area (Å²) < 4.78 is 0. The van der Waals surface area contributed by atoms with Gasteiger partial charge in [-0.3, -0.25) is 4.79 Å². The summed E-state index contributed by atoms with van der Waals surface area (Å²) in [5.41, 5.74) is 2.94. The number of nitrogens with one attached hydrogen (secondary N) is 1. The van der Waals surface area contributed by atoms with Crippen molar-refractivity contribution >= 4 is 16.9 Å². The smallest absolute Gasteiger partial charge is 0.289 e. The number of nitrogens with zero attached hydrogens (tertiary/aromatic N) is 3. The van der Waals surface area contributed by atoms with E-state index in [1.54, 1.807) is 0 Å². The molecule has 2 aromatic rings. The standard InChI is InChI=1S/C14H18N4O/c1-10-3-4-11-12(9-10)16-13(15-11)14(19)18-7-5-17(2)6-8-18/h3-4,9H,5-8H2,1-2H3,(H,15,16). The zero-order valence-corrected chi connectivity index (χ0v) is 11.3. The van der Waals surface area contributed by atoms with E-state index in [-0.39, 0.29) is 5.91 Å². The van der Waals surface area contributed by atoms with Gasteiger partial charge in [-0.05, 0) is 31.7 Å². The molecule has 1 aromatic heterocycles. The Labute approximate surface area is 112 Å². The van der Waals surface area contributed by atoms with E-state index in [1.165, 1.54) is 0 Å². The molecular formula is C14H18N4O. The van der Waals surface area contributed by atoms with E-state index in [0.29, 0.717) is 5.82 Å². The third kappa shape index (κ3) is 2.33. The first-order valence-corrected chi connectivity index (χ1v) is 6.58. The minimum absolute atomic E-state index is 0.00181. The van der Waals surface area contributed by atoms with Crippen LogP contribution in [-0.4, -0.2) is 58.9 Å². The zero-order chi connectivity index (χ0) is 13.4. The fourth-order valence-electron chi connectivity index (χ4n) is 2.38. The second-order valence-electron chi connectivity index (χ2n) is 5.20. The maximum absolute atomic E-state index is 12.4. The number of carbonyl (C=O) groups excluding carboxylic acids is 1. The quantitative estimate of drug-likeness (QED) is 0.838. The summed E-state index contributed by atoms with van der Waals surface area (Å²) in [5, 5.41) is 0. The van der Waals surface area contributed by atoms with Crippen LogP contribution in [0.3, 0.4) is 0 Å². The lowest BCUT2D eigenvalue weighted by molar-refractivity contribution is 0.0653. The predicted octanol–water partition coefficient (Wildman–Crippen LogP) is 1.26.